The van der Waals surface area contributed by atoms with Crippen molar-refractivity contribution in [1.29, 1.82) is 0 Å². The van der Waals surface area contributed by atoms with Gasteiger partial charge in [-0.3, -0.25) is 0 Å². The van der Waals surface area contributed by atoms with Crippen LogP contribution in [-0.2, 0) is 6.42 Å². The second kappa shape index (κ2) is 3.13. The smallest absolute Gasteiger partial charge is 0.104 e. The normalized spacial score (nSPS) is 9.33. The molecule has 0 atom stereocenters. The molecule has 9 heavy (non-hydrogen) atoms. The van der Waals surface area contributed by atoms with E-state index in [0.29, 0.717) is 0 Å². The standard InChI is InChI=1S/C8H10O/c1-2-3-5-8-6-4-7-9-8/h2,4,6-7H,1,3,5H2. The van der Waals surface area contributed by atoms with Gasteiger partial charge in [0.15, 0.2) is 0 Å². The van der Waals surface area contributed by atoms with Gasteiger partial charge in [-0.15, -0.1) is 6.58 Å². The van der Waals surface area contributed by atoms with Gasteiger partial charge in [-0.2, -0.15) is 0 Å². The van der Waals surface area contributed by atoms with Gasteiger partial charge in [0.25, 0.3) is 0 Å². The second-order valence-corrected chi connectivity index (χ2v) is 1.91. The van der Waals surface area contributed by atoms with E-state index in [9.17, 15) is 0 Å². The van der Waals surface area contributed by atoms with E-state index in [2.05, 4.69) is 6.58 Å². The summed E-state index contributed by atoms with van der Waals surface area (Å²) in [6.07, 6.45) is 5.55. The zero-order valence-electron chi connectivity index (χ0n) is 5.34. The van der Waals surface area contributed by atoms with E-state index in [4.69, 9.17) is 4.42 Å². The largest absolute Gasteiger partial charge is 0.469 e. The molecule has 1 aromatic rings. The first-order valence-electron chi connectivity index (χ1n) is 3.07. The maximum atomic E-state index is 5.09. The maximum Gasteiger partial charge on any atom is 0.104 e. The van der Waals surface area contributed by atoms with Crippen LogP contribution >= 0.6 is 0 Å². The lowest BCUT2D eigenvalue weighted by Crippen LogP contribution is -1.75. The van der Waals surface area contributed by atoms with E-state index < -0.39 is 0 Å². The molecule has 0 saturated carbocycles. The summed E-state index contributed by atoms with van der Waals surface area (Å²) in [5, 5.41) is 0. The fourth-order valence-electron chi connectivity index (χ4n) is 0.699. The minimum Gasteiger partial charge on any atom is -0.469 e. The van der Waals surface area contributed by atoms with Gasteiger partial charge in [0.2, 0.25) is 0 Å². The van der Waals surface area contributed by atoms with Crippen molar-refractivity contribution in [2.45, 2.75) is 12.8 Å². The summed E-state index contributed by atoms with van der Waals surface area (Å²) in [6.45, 7) is 3.62. The van der Waals surface area contributed by atoms with Gasteiger partial charge < -0.3 is 4.42 Å². The summed E-state index contributed by atoms with van der Waals surface area (Å²) in [7, 11) is 0. The summed E-state index contributed by atoms with van der Waals surface area (Å²) >= 11 is 0. The molecule has 0 radical (unpaired) electrons. The first kappa shape index (κ1) is 6.14. The number of furan rings is 1. The van der Waals surface area contributed by atoms with Crippen LogP contribution in [0.1, 0.15) is 12.2 Å². The van der Waals surface area contributed by atoms with E-state index in [1.54, 1.807) is 6.26 Å². The predicted molar refractivity (Wildman–Crippen MR) is 37.2 cm³/mol. The molecule has 0 aliphatic rings. The summed E-state index contributed by atoms with van der Waals surface area (Å²) < 4.78 is 5.09. The number of hydrogen-bond donors (Lipinski definition) is 0. The molecule has 0 amide bonds. The van der Waals surface area contributed by atoms with Gasteiger partial charge in [-0.1, -0.05) is 6.08 Å². The van der Waals surface area contributed by atoms with Crippen molar-refractivity contribution in [2.75, 3.05) is 0 Å². The third-order valence-electron chi connectivity index (χ3n) is 1.17. The van der Waals surface area contributed by atoms with Crippen LogP contribution in [0.3, 0.4) is 0 Å². The Balaban J connectivity index is 2.38. The van der Waals surface area contributed by atoms with E-state index in [0.717, 1.165) is 18.6 Å². The molecule has 1 heteroatoms. The first-order chi connectivity index (χ1) is 4.43. The van der Waals surface area contributed by atoms with Crippen molar-refractivity contribution >= 4 is 0 Å². The molecular weight excluding hydrogens is 112 g/mol. The van der Waals surface area contributed by atoms with Gasteiger partial charge in [0.05, 0.1) is 6.26 Å². The Morgan fingerprint density at radius 2 is 2.56 bits per heavy atom. The Bertz CT molecular complexity index is 163. The molecule has 0 fully saturated rings. The van der Waals surface area contributed by atoms with Crippen LogP contribution in [0.25, 0.3) is 0 Å². The highest BCUT2D eigenvalue weighted by atomic mass is 16.3. The van der Waals surface area contributed by atoms with Crippen LogP contribution in [0.15, 0.2) is 35.5 Å². The number of rotatable bonds is 3. The Labute approximate surface area is 55.0 Å². The van der Waals surface area contributed by atoms with Gasteiger partial charge in [-0.25, -0.2) is 0 Å². The highest BCUT2D eigenvalue weighted by molar-refractivity contribution is 4.98. The minimum atomic E-state index is 0.969. The van der Waals surface area contributed by atoms with Crippen molar-refractivity contribution < 1.29 is 4.42 Å². The lowest BCUT2D eigenvalue weighted by molar-refractivity contribution is 0.510. The molecule has 0 saturated heterocycles. The second-order valence-electron chi connectivity index (χ2n) is 1.91. The molecule has 0 aliphatic heterocycles. The Hall–Kier alpha value is -0.980. The van der Waals surface area contributed by atoms with Crippen molar-refractivity contribution in [2.24, 2.45) is 0 Å². The van der Waals surface area contributed by atoms with Crippen molar-refractivity contribution in [3.05, 3.63) is 36.8 Å². The molecule has 0 aliphatic carbocycles. The van der Waals surface area contributed by atoms with Crippen LogP contribution in [-0.4, -0.2) is 0 Å². The van der Waals surface area contributed by atoms with Crippen molar-refractivity contribution in [1.82, 2.24) is 0 Å². The monoisotopic (exact) mass is 122 g/mol. The molecule has 0 unspecified atom stereocenters. The summed E-state index contributed by atoms with van der Waals surface area (Å²) in [4.78, 5) is 0. The fraction of sp³-hybridized carbons (Fsp3) is 0.250. The third kappa shape index (κ3) is 1.76. The van der Waals surface area contributed by atoms with E-state index in [-0.39, 0.29) is 0 Å². The Morgan fingerprint density at radius 1 is 1.67 bits per heavy atom. The lowest BCUT2D eigenvalue weighted by Gasteiger charge is -1.87. The highest BCUT2D eigenvalue weighted by Crippen LogP contribution is 2.02. The quantitative estimate of drug-likeness (QED) is 0.561. The van der Waals surface area contributed by atoms with Crippen LogP contribution < -0.4 is 0 Å². The first-order valence-corrected chi connectivity index (χ1v) is 3.07. The molecule has 1 heterocycles. The maximum absolute atomic E-state index is 5.09. The molecule has 1 rings (SSSR count). The zero-order valence-corrected chi connectivity index (χ0v) is 5.34. The summed E-state index contributed by atoms with van der Waals surface area (Å²) in [6, 6.07) is 3.88. The number of aryl methyl sites for hydroxylation is 1. The van der Waals surface area contributed by atoms with Gasteiger partial charge in [0.1, 0.15) is 5.76 Å². The molecule has 1 nitrogen and oxygen atoms in total. The highest BCUT2D eigenvalue weighted by Gasteiger charge is 1.89. The average Bonchev–Trinajstić information content (AvgIpc) is 2.34. The predicted octanol–water partition coefficient (Wildman–Crippen LogP) is 2.40. The molecule has 0 bridgehead atoms. The lowest BCUT2D eigenvalue weighted by atomic mass is 10.2. The van der Waals surface area contributed by atoms with E-state index in [1.165, 1.54) is 0 Å². The molecular formula is C8H10O. The van der Waals surface area contributed by atoms with Gasteiger partial charge >= 0.3 is 0 Å². The van der Waals surface area contributed by atoms with E-state index in [1.807, 2.05) is 18.2 Å². The Kier molecular flexibility index (Phi) is 2.13. The van der Waals surface area contributed by atoms with Crippen LogP contribution in [0.2, 0.25) is 0 Å². The van der Waals surface area contributed by atoms with Gasteiger partial charge in [-0.05, 0) is 18.6 Å². The minimum absolute atomic E-state index is 0.969. The number of allylic oxidation sites excluding steroid dienone is 1. The SMILES string of the molecule is C=CCCc1ccco1. The molecule has 0 aromatic carbocycles. The zero-order chi connectivity index (χ0) is 6.53. The van der Waals surface area contributed by atoms with Crippen molar-refractivity contribution in [3.8, 4) is 0 Å². The fourth-order valence-corrected chi connectivity index (χ4v) is 0.699. The Morgan fingerprint density at radius 3 is 3.11 bits per heavy atom. The number of hydrogen-bond acceptors (Lipinski definition) is 1. The van der Waals surface area contributed by atoms with Crippen LogP contribution in [0.5, 0.6) is 0 Å². The molecule has 0 spiro atoms. The van der Waals surface area contributed by atoms with Crippen LogP contribution in [0, 0.1) is 0 Å². The van der Waals surface area contributed by atoms with Gasteiger partial charge in [0, 0.05) is 6.42 Å². The molecule has 0 N–H and O–H groups in total. The van der Waals surface area contributed by atoms with E-state index >= 15 is 0 Å². The molecule has 48 valence electrons. The van der Waals surface area contributed by atoms with Crippen LogP contribution in [0.4, 0.5) is 0 Å². The third-order valence-corrected chi connectivity index (χ3v) is 1.17. The summed E-state index contributed by atoms with van der Waals surface area (Å²) in [5.41, 5.74) is 0. The molecule has 1 aromatic heterocycles. The topological polar surface area (TPSA) is 13.1 Å². The average molecular weight is 122 g/mol. The summed E-state index contributed by atoms with van der Waals surface area (Å²) in [5.74, 6) is 1.04. The van der Waals surface area contributed by atoms with Crippen molar-refractivity contribution in [3.63, 3.8) is 0 Å².